The number of carbonyl (C=O) groups excluding carboxylic acids is 2. The second kappa shape index (κ2) is 6.52. The molecule has 1 atom stereocenters. The summed E-state index contributed by atoms with van der Waals surface area (Å²) in [5.74, 6) is -0.0378. The Hall–Kier alpha value is -1.55. The maximum absolute atomic E-state index is 12.8. The molecule has 2 fully saturated rings. The van der Waals surface area contributed by atoms with E-state index in [-0.39, 0.29) is 23.4 Å². The second-order valence-electron chi connectivity index (χ2n) is 6.66. The van der Waals surface area contributed by atoms with Crippen molar-refractivity contribution in [2.24, 2.45) is 0 Å². The van der Waals surface area contributed by atoms with Gasteiger partial charge in [-0.2, -0.15) is 0 Å². The van der Waals surface area contributed by atoms with Gasteiger partial charge in [0.1, 0.15) is 6.04 Å². The van der Waals surface area contributed by atoms with Crippen molar-refractivity contribution in [2.45, 2.75) is 57.0 Å². The molecule has 1 saturated carbocycles. The van der Waals surface area contributed by atoms with Crippen LogP contribution in [0.2, 0.25) is 5.02 Å². The van der Waals surface area contributed by atoms with Crippen LogP contribution in [0.1, 0.15) is 51.0 Å². The smallest absolute Gasteiger partial charge is 0.243 e. The number of hydrogen-bond acceptors (Lipinski definition) is 2. The molecule has 1 aliphatic heterocycles. The molecule has 0 radical (unpaired) electrons. The lowest BCUT2D eigenvalue weighted by Gasteiger charge is -2.34. The van der Waals surface area contributed by atoms with E-state index in [2.05, 4.69) is 5.32 Å². The van der Waals surface area contributed by atoms with Crippen LogP contribution >= 0.6 is 11.6 Å². The van der Waals surface area contributed by atoms with Crippen molar-refractivity contribution in [3.63, 3.8) is 0 Å². The zero-order valence-electron chi connectivity index (χ0n) is 13.5. The Morgan fingerprint density at radius 2 is 1.83 bits per heavy atom. The lowest BCUT2D eigenvalue weighted by atomic mass is 9.87. The van der Waals surface area contributed by atoms with Gasteiger partial charge in [0.15, 0.2) is 0 Å². The molecule has 23 heavy (non-hydrogen) atoms. The maximum atomic E-state index is 12.8. The molecule has 3 rings (SSSR count). The van der Waals surface area contributed by atoms with Crippen molar-refractivity contribution in [2.75, 3.05) is 6.54 Å². The predicted octanol–water partition coefficient (Wildman–Crippen LogP) is 3.24. The first kappa shape index (κ1) is 16.3. The summed E-state index contributed by atoms with van der Waals surface area (Å²) in [5, 5.41) is 3.98. The molecule has 1 N–H and O–H groups in total. The first-order valence-electron chi connectivity index (χ1n) is 8.37. The highest BCUT2D eigenvalue weighted by Gasteiger charge is 2.41. The topological polar surface area (TPSA) is 49.4 Å². The molecule has 2 amide bonds. The number of benzene rings is 1. The highest BCUT2D eigenvalue weighted by atomic mass is 35.5. The first-order valence-corrected chi connectivity index (χ1v) is 8.75. The number of amides is 2. The minimum absolute atomic E-state index is 0.0189. The molecule has 0 bridgehead atoms. The Kier molecular flexibility index (Phi) is 4.62. The van der Waals surface area contributed by atoms with Gasteiger partial charge in [-0.05, 0) is 43.4 Å². The molecule has 1 aromatic rings. The highest BCUT2D eigenvalue weighted by molar-refractivity contribution is 6.30. The van der Waals surface area contributed by atoms with Gasteiger partial charge in [-0.3, -0.25) is 9.59 Å². The number of nitrogens with one attached hydrogen (secondary N) is 1. The van der Waals surface area contributed by atoms with Gasteiger partial charge in [-0.15, -0.1) is 0 Å². The van der Waals surface area contributed by atoms with Crippen LogP contribution in [0, 0.1) is 0 Å². The molecule has 1 heterocycles. The van der Waals surface area contributed by atoms with E-state index in [1.165, 1.54) is 6.92 Å². The minimum atomic E-state index is -0.322. The van der Waals surface area contributed by atoms with Crippen LogP contribution in [0.5, 0.6) is 0 Å². The van der Waals surface area contributed by atoms with E-state index in [9.17, 15) is 9.59 Å². The summed E-state index contributed by atoms with van der Waals surface area (Å²) < 4.78 is 0. The fraction of sp³-hybridized carbons (Fsp3) is 0.556. The number of carbonyl (C=O) groups is 2. The molecular weight excluding hydrogens is 312 g/mol. The molecular formula is C18H23ClN2O2. The SMILES string of the molecule is CC(=O)N1CCCC1C(=O)NC1(c2ccc(Cl)cc2)CCCC1. The standard InChI is InChI=1S/C18H23ClN2O2/c1-13(22)21-12-4-5-16(21)17(23)20-18(10-2-3-11-18)14-6-8-15(19)9-7-14/h6-9,16H,2-5,10-12H2,1H3,(H,20,23). The van der Waals surface area contributed by atoms with Gasteiger partial charge in [0, 0.05) is 18.5 Å². The summed E-state index contributed by atoms with van der Waals surface area (Å²) in [6.07, 6.45) is 5.72. The monoisotopic (exact) mass is 334 g/mol. The largest absolute Gasteiger partial charge is 0.345 e. The Morgan fingerprint density at radius 1 is 1.17 bits per heavy atom. The van der Waals surface area contributed by atoms with E-state index in [0.717, 1.165) is 44.1 Å². The number of nitrogens with zero attached hydrogens (tertiary/aromatic N) is 1. The quantitative estimate of drug-likeness (QED) is 0.922. The minimum Gasteiger partial charge on any atom is -0.345 e. The molecule has 2 aliphatic rings. The van der Waals surface area contributed by atoms with Crippen LogP contribution < -0.4 is 5.32 Å². The molecule has 0 spiro atoms. The summed E-state index contributed by atoms with van der Waals surface area (Å²) >= 11 is 6.00. The normalized spacial score (nSPS) is 23.0. The molecule has 1 unspecified atom stereocenters. The Bertz CT molecular complexity index is 594. The third-order valence-electron chi connectivity index (χ3n) is 5.18. The highest BCUT2D eigenvalue weighted by Crippen LogP contribution is 2.39. The van der Waals surface area contributed by atoms with Crippen molar-refractivity contribution < 1.29 is 9.59 Å². The fourth-order valence-electron chi connectivity index (χ4n) is 3.97. The van der Waals surface area contributed by atoms with Crippen molar-refractivity contribution in [1.82, 2.24) is 10.2 Å². The van der Waals surface area contributed by atoms with Crippen molar-refractivity contribution >= 4 is 23.4 Å². The Balaban J connectivity index is 1.81. The van der Waals surface area contributed by atoms with Gasteiger partial charge in [-0.25, -0.2) is 0 Å². The van der Waals surface area contributed by atoms with Gasteiger partial charge >= 0.3 is 0 Å². The molecule has 1 aromatic carbocycles. The summed E-state index contributed by atoms with van der Waals surface area (Å²) in [7, 11) is 0. The van der Waals surface area contributed by atoms with Crippen LogP contribution in [0.3, 0.4) is 0 Å². The average molecular weight is 335 g/mol. The van der Waals surface area contributed by atoms with E-state index in [0.29, 0.717) is 11.6 Å². The fourth-order valence-corrected chi connectivity index (χ4v) is 4.09. The van der Waals surface area contributed by atoms with E-state index in [1.807, 2.05) is 24.3 Å². The molecule has 1 saturated heterocycles. The molecule has 5 heteroatoms. The van der Waals surface area contributed by atoms with E-state index < -0.39 is 0 Å². The summed E-state index contributed by atoms with van der Waals surface area (Å²) in [4.78, 5) is 26.2. The van der Waals surface area contributed by atoms with Crippen LogP contribution in [0.4, 0.5) is 0 Å². The third kappa shape index (κ3) is 3.23. The maximum Gasteiger partial charge on any atom is 0.243 e. The zero-order valence-corrected chi connectivity index (χ0v) is 14.2. The summed E-state index contributed by atoms with van der Waals surface area (Å²) in [6.45, 7) is 2.22. The lowest BCUT2D eigenvalue weighted by Crippen LogP contribution is -2.52. The Labute approximate surface area is 142 Å². The number of hydrogen-bond donors (Lipinski definition) is 1. The molecule has 124 valence electrons. The van der Waals surface area contributed by atoms with E-state index in [1.54, 1.807) is 4.90 Å². The molecule has 0 aromatic heterocycles. The van der Waals surface area contributed by atoms with Gasteiger partial charge < -0.3 is 10.2 Å². The Morgan fingerprint density at radius 3 is 2.43 bits per heavy atom. The van der Waals surface area contributed by atoms with Crippen molar-refractivity contribution in [1.29, 1.82) is 0 Å². The summed E-state index contributed by atoms with van der Waals surface area (Å²) in [6, 6.07) is 7.44. The van der Waals surface area contributed by atoms with Crippen LogP contribution in [-0.2, 0) is 15.1 Å². The number of likely N-dealkylation sites (tertiary alicyclic amines) is 1. The second-order valence-corrected chi connectivity index (χ2v) is 7.09. The van der Waals surface area contributed by atoms with E-state index in [4.69, 9.17) is 11.6 Å². The van der Waals surface area contributed by atoms with Gasteiger partial charge in [-0.1, -0.05) is 36.6 Å². The van der Waals surface area contributed by atoms with Crippen molar-refractivity contribution in [3.8, 4) is 0 Å². The molecule has 4 nitrogen and oxygen atoms in total. The van der Waals surface area contributed by atoms with Gasteiger partial charge in [0.2, 0.25) is 11.8 Å². The lowest BCUT2D eigenvalue weighted by molar-refractivity contribution is -0.137. The number of halogens is 1. The first-order chi connectivity index (χ1) is 11.0. The third-order valence-corrected chi connectivity index (χ3v) is 5.43. The zero-order chi connectivity index (χ0) is 16.4. The van der Waals surface area contributed by atoms with Crippen LogP contribution in [0.15, 0.2) is 24.3 Å². The summed E-state index contributed by atoms with van der Waals surface area (Å²) in [5.41, 5.74) is 0.798. The van der Waals surface area contributed by atoms with Gasteiger partial charge in [0.05, 0.1) is 5.54 Å². The van der Waals surface area contributed by atoms with Crippen LogP contribution in [0.25, 0.3) is 0 Å². The number of rotatable bonds is 3. The average Bonchev–Trinajstić information content (AvgIpc) is 3.17. The van der Waals surface area contributed by atoms with Gasteiger partial charge in [0.25, 0.3) is 0 Å². The van der Waals surface area contributed by atoms with E-state index >= 15 is 0 Å². The van der Waals surface area contributed by atoms with Crippen molar-refractivity contribution in [3.05, 3.63) is 34.9 Å². The molecule has 1 aliphatic carbocycles. The predicted molar refractivity (Wildman–Crippen MR) is 90.1 cm³/mol. The van der Waals surface area contributed by atoms with Crippen LogP contribution in [-0.4, -0.2) is 29.3 Å².